The highest BCUT2D eigenvalue weighted by Gasteiger charge is 2.32. The predicted octanol–water partition coefficient (Wildman–Crippen LogP) is 1.99. The standard InChI is InChI=1S/C10H12F2N2O/c1-10(2,9(13)14-15)8-6(11)4-3-5-7(8)12/h3-5,15H,1-2H3,(H2,13,14). The van der Waals surface area contributed by atoms with E-state index in [9.17, 15) is 8.78 Å². The van der Waals surface area contributed by atoms with E-state index in [-0.39, 0.29) is 11.4 Å². The van der Waals surface area contributed by atoms with Gasteiger partial charge in [0.05, 0.1) is 5.41 Å². The van der Waals surface area contributed by atoms with Crippen LogP contribution in [-0.4, -0.2) is 11.0 Å². The smallest absolute Gasteiger partial charge is 0.149 e. The Kier molecular flexibility index (Phi) is 2.93. The van der Waals surface area contributed by atoms with Crippen molar-refractivity contribution in [2.45, 2.75) is 19.3 Å². The van der Waals surface area contributed by atoms with Gasteiger partial charge in [0.2, 0.25) is 0 Å². The van der Waals surface area contributed by atoms with Gasteiger partial charge in [-0.15, -0.1) is 0 Å². The van der Waals surface area contributed by atoms with Crippen molar-refractivity contribution in [1.29, 1.82) is 0 Å². The molecule has 82 valence electrons. The number of nitrogens with two attached hydrogens (primary N) is 1. The van der Waals surface area contributed by atoms with Gasteiger partial charge in [-0.05, 0) is 26.0 Å². The average Bonchev–Trinajstić information content (AvgIpc) is 2.15. The fourth-order valence-electron chi connectivity index (χ4n) is 1.35. The van der Waals surface area contributed by atoms with Crippen molar-refractivity contribution < 1.29 is 14.0 Å². The van der Waals surface area contributed by atoms with Gasteiger partial charge in [-0.1, -0.05) is 11.2 Å². The molecule has 0 atom stereocenters. The minimum absolute atomic E-state index is 0.208. The van der Waals surface area contributed by atoms with Crippen LogP contribution in [-0.2, 0) is 5.41 Å². The molecule has 0 aliphatic carbocycles. The molecule has 0 aromatic heterocycles. The summed E-state index contributed by atoms with van der Waals surface area (Å²) >= 11 is 0. The zero-order valence-electron chi connectivity index (χ0n) is 8.46. The van der Waals surface area contributed by atoms with Gasteiger partial charge >= 0.3 is 0 Å². The van der Waals surface area contributed by atoms with Crippen molar-refractivity contribution in [3.8, 4) is 0 Å². The molecule has 0 unspecified atom stereocenters. The van der Waals surface area contributed by atoms with E-state index < -0.39 is 17.0 Å². The van der Waals surface area contributed by atoms with Crippen LogP contribution in [0.3, 0.4) is 0 Å². The number of nitrogens with zero attached hydrogens (tertiary/aromatic N) is 1. The maximum absolute atomic E-state index is 13.4. The average molecular weight is 214 g/mol. The van der Waals surface area contributed by atoms with E-state index in [1.807, 2.05) is 0 Å². The number of amidine groups is 1. The first-order valence-corrected chi connectivity index (χ1v) is 4.33. The third-order valence-electron chi connectivity index (χ3n) is 2.34. The van der Waals surface area contributed by atoms with Gasteiger partial charge in [-0.25, -0.2) is 8.78 Å². The van der Waals surface area contributed by atoms with Crippen LogP contribution in [0.25, 0.3) is 0 Å². The first kappa shape index (κ1) is 11.4. The van der Waals surface area contributed by atoms with Gasteiger partial charge in [-0.2, -0.15) is 0 Å². The normalized spacial score (nSPS) is 12.9. The first-order valence-electron chi connectivity index (χ1n) is 4.33. The number of hydrogen-bond acceptors (Lipinski definition) is 2. The van der Waals surface area contributed by atoms with Crippen molar-refractivity contribution in [3.05, 3.63) is 35.4 Å². The van der Waals surface area contributed by atoms with Gasteiger partial charge in [0.1, 0.15) is 17.5 Å². The summed E-state index contributed by atoms with van der Waals surface area (Å²) in [6, 6.07) is 3.52. The number of oxime groups is 1. The second-order valence-electron chi connectivity index (χ2n) is 3.71. The molecule has 0 amide bonds. The Bertz CT molecular complexity index is 382. The quantitative estimate of drug-likeness (QED) is 0.342. The van der Waals surface area contributed by atoms with Crippen LogP contribution in [0.4, 0.5) is 8.78 Å². The third kappa shape index (κ3) is 1.91. The minimum atomic E-state index is -1.19. The number of hydrogen-bond donors (Lipinski definition) is 2. The van der Waals surface area contributed by atoms with Crippen LogP contribution in [0.5, 0.6) is 0 Å². The molecule has 3 N–H and O–H groups in total. The second-order valence-corrected chi connectivity index (χ2v) is 3.71. The molecule has 0 spiro atoms. The SMILES string of the molecule is CC(C)(/C(N)=N/O)c1c(F)cccc1F. The Morgan fingerprint density at radius 2 is 1.80 bits per heavy atom. The lowest BCUT2D eigenvalue weighted by Crippen LogP contribution is -2.37. The summed E-state index contributed by atoms with van der Waals surface area (Å²) in [6.45, 7) is 2.95. The Morgan fingerprint density at radius 1 is 1.33 bits per heavy atom. The van der Waals surface area contributed by atoms with Crippen molar-refractivity contribution in [2.75, 3.05) is 0 Å². The summed E-state index contributed by atoms with van der Waals surface area (Å²) in [7, 11) is 0. The van der Waals surface area contributed by atoms with Gasteiger partial charge < -0.3 is 10.9 Å². The number of halogens is 2. The molecule has 15 heavy (non-hydrogen) atoms. The maximum atomic E-state index is 13.4. The molecular weight excluding hydrogens is 202 g/mol. The van der Waals surface area contributed by atoms with Gasteiger partial charge in [0.15, 0.2) is 0 Å². The van der Waals surface area contributed by atoms with Crippen LogP contribution in [0.15, 0.2) is 23.4 Å². The maximum Gasteiger partial charge on any atom is 0.149 e. The summed E-state index contributed by atoms with van der Waals surface area (Å²) < 4.78 is 26.8. The largest absolute Gasteiger partial charge is 0.409 e. The first-order chi connectivity index (χ1) is 6.91. The molecule has 0 radical (unpaired) electrons. The van der Waals surface area contributed by atoms with Crippen molar-refractivity contribution >= 4 is 5.84 Å². The molecule has 1 aromatic rings. The van der Waals surface area contributed by atoms with E-state index in [4.69, 9.17) is 10.9 Å². The number of benzene rings is 1. The van der Waals surface area contributed by atoms with Crippen molar-refractivity contribution in [2.24, 2.45) is 10.9 Å². The molecule has 5 heteroatoms. The lowest BCUT2D eigenvalue weighted by atomic mass is 9.83. The highest BCUT2D eigenvalue weighted by atomic mass is 19.1. The molecule has 0 saturated heterocycles. The second kappa shape index (κ2) is 3.84. The molecule has 3 nitrogen and oxygen atoms in total. The fourth-order valence-corrected chi connectivity index (χ4v) is 1.35. The van der Waals surface area contributed by atoms with E-state index in [0.717, 1.165) is 12.1 Å². The minimum Gasteiger partial charge on any atom is -0.409 e. The van der Waals surface area contributed by atoms with Crippen molar-refractivity contribution in [1.82, 2.24) is 0 Å². The molecule has 0 aliphatic rings. The van der Waals surface area contributed by atoms with Crippen LogP contribution in [0.2, 0.25) is 0 Å². The van der Waals surface area contributed by atoms with Gasteiger partial charge in [0, 0.05) is 5.56 Å². The van der Waals surface area contributed by atoms with Crippen LogP contribution < -0.4 is 5.73 Å². The van der Waals surface area contributed by atoms with Crippen LogP contribution in [0, 0.1) is 11.6 Å². The lowest BCUT2D eigenvalue weighted by molar-refractivity contribution is 0.312. The molecular formula is C10H12F2N2O. The zero-order chi connectivity index (χ0) is 11.6. The summed E-state index contributed by atoms with van der Waals surface area (Å²) in [5.41, 5.74) is 3.99. The van der Waals surface area contributed by atoms with Gasteiger partial charge in [0.25, 0.3) is 0 Å². The summed E-state index contributed by atoms with van der Waals surface area (Å²) in [4.78, 5) is 0. The molecule has 0 aliphatic heterocycles. The van der Waals surface area contributed by atoms with E-state index in [1.165, 1.54) is 19.9 Å². The number of rotatable bonds is 2. The Labute approximate surface area is 86.2 Å². The Balaban J connectivity index is 3.39. The summed E-state index contributed by atoms with van der Waals surface area (Å²) in [6.07, 6.45) is 0. The van der Waals surface area contributed by atoms with E-state index >= 15 is 0 Å². The zero-order valence-corrected chi connectivity index (χ0v) is 8.46. The van der Waals surface area contributed by atoms with Crippen molar-refractivity contribution in [3.63, 3.8) is 0 Å². The van der Waals surface area contributed by atoms with Gasteiger partial charge in [-0.3, -0.25) is 0 Å². The van der Waals surface area contributed by atoms with Crippen LogP contribution in [0.1, 0.15) is 19.4 Å². The van der Waals surface area contributed by atoms with E-state index in [1.54, 1.807) is 0 Å². The molecule has 1 aromatic carbocycles. The Morgan fingerprint density at radius 3 is 2.20 bits per heavy atom. The summed E-state index contributed by atoms with van der Waals surface area (Å²) in [5.74, 6) is -1.68. The third-order valence-corrected chi connectivity index (χ3v) is 2.34. The van der Waals surface area contributed by atoms with E-state index in [0.29, 0.717) is 0 Å². The molecule has 0 bridgehead atoms. The fraction of sp³-hybridized carbons (Fsp3) is 0.300. The predicted molar refractivity (Wildman–Crippen MR) is 52.8 cm³/mol. The molecule has 0 saturated carbocycles. The molecule has 0 fully saturated rings. The van der Waals surface area contributed by atoms with E-state index in [2.05, 4.69) is 5.16 Å². The summed E-state index contributed by atoms with van der Waals surface area (Å²) in [5, 5.41) is 11.3. The topological polar surface area (TPSA) is 58.6 Å². The van der Waals surface area contributed by atoms with Crippen LogP contribution >= 0.6 is 0 Å². The lowest BCUT2D eigenvalue weighted by Gasteiger charge is -2.24. The highest BCUT2D eigenvalue weighted by molar-refractivity contribution is 5.90. The molecule has 0 heterocycles. The monoisotopic (exact) mass is 214 g/mol. The highest BCUT2D eigenvalue weighted by Crippen LogP contribution is 2.28. The molecule has 1 rings (SSSR count). The Hall–Kier alpha value is -1.65.